The second-order valence-corrected chi connectivity index (χ2v) is 5.38. The van der Waals surface area contributed by atoms with E-state index in [2.05, 4.69) is 20.5 Å². The number of rotatable bonds is 3. The van der Waals surface area contributed by atoms with Crippen LogP contribution >= 0.6 is 0 Å². The molecular weight excluding hydrogens is 300 g/mol. The molecule has 0 atom stereocenters. The second kappa shape index (κ2) is 5.96. The first-order chi connectivity index (χ1) is 11.8. The van der Waals surface area contributed by atoms with Crippen LogP contribution < -0.4 is 5.43 Å². The van der Waals surface area contributed by atoms with Crippen molar-refractivity contribution in [1.29, 1.82) is 0 Å². The van der Waals surface area contributed by atoms with Crippen LogP contribution in [-0.4, -0.2) is 22.1 Å². The molecule has 0 bridgehead atoms. The first-order valence-corrected chi connectivity index (χ1v) is 7.56. The molecule has 0 aliphatic carbocycles. The zero-order valence-electron chi connectivity index (χ0n) is 12.7. The SMILES string of the molecule is O=C(N/N=C/c1c[nH]c2ccccc12)c1ccc2ccccc2n1. The number of carbonyl (C=O) groups excluding carboxylic acids is 1. The van der Waals surface area contributed by atoms with Gasteiger partial charge in [0.1, 0.15) is 5.69 Å². The highest BCUT2D eigenvalue weighted by atomic mass is 16.2. The molecule has 116 valence electrons. The summed E-state index contributed by atoms with van der Waals surface area (Å²) in [4.78, 5) is 19.7. The molecule has 2 aromatic carbocycles. The smallest absolute Gasteiger partial charge is 0.289 e. The van der Waals surface area contributed by atoms with E-state index >= 15 is 0 Å². The van der Waals surface area contributed by atoms with Crippen molar-refractivity contribution in [3.63, 3.8) is 0 Å². The average molecular weight is 314 g/mol. The van der Waals surface area contributed by atoms with Gasteiger partial charge < -0.3 is 4.98 Å². The Kier molecular flexibility index (Phi) is 3.51. The van der Waals surface area contributed by atoms with Crippen LogP contribution in [0.4, 0.5) is 0 Å². The third-order valence-electron chi connectivity index (χ3n) is 3.82. The Balaban J connectivity index is 1.53. The molecule has 2 aromatic heterocycles. The molecule has 5 nitrogen and oxygen atoms in total. The summed E-state index contributed by atoms with van der Waals surface area (Å²) in [5, 5.41) is 6.09. The highest BCUT2D eigenvalue weighted by Crippen LogP contribution is 2.15. The van der Waals surface area contributed by atoms with Gasteiger partial charge in [0.15, 0.2) is 0 Å². The summed E-state index contributed by atoms with van der Waals surface area (Å²) in [6.07, 6.45) is 3.48. The number of H-pyrrole nitrogens is 1. The van der Waals surface area contributed by atoms with Crippen LogP contribution in [-0.2, 0) is 0 Å². The molecule has 0 unspecified atom stereocenters. The minimum absolute atomic E-state index is 0.336. The van der Waals surface area contributed by atoms with Gasteiger partial charge in [-0.1, -0.05) is 42.5 Å². The van der Waals surface area contributed by atoms with E-state index in [4.69, 9.17) is 0 Å². The van der Waals surface area contributed by atoms with Gasteiger partial charge in [0.05, 0.1) is 11.7 Å². The third kappa shape index (κ3) is 2.63. The normalized spacial score (nSPS) is 11.3. The Bertz CT molecular complexity index is 1070. The summed E-state index contributed by atoms with van der Waals surface area (Å²) in [7, 11) is 0. The lowest BCUT2D eigenvalue weighted by Crippen LogP contribution is -2.18. The van der Waals surface area contributed by atoms with Crippen molar-refractivity contribution in [1.82, 2.24) is 15.4 Å². The molecule has 0 aliphatic rings. The lowest BCUT2D eigenvalue weighted by molar-refractivity contribution is 0.0950. The number of aromatic nitrogens is 2. The molecule has 0 saturated heterocycles. The fourth-order valence-corrected chi connectivity index (χ4v) is 2.61. The standard InChI is InChI=1S/C19H14N4O/c24-19(18-10-9-13-5-1-3-7-16(13)22-18)23-21-12-14-11-20-17-8-4-2-6-15(14)17/h1-12,20H,(H,23,24)/b21-12+. The van der Waals surface area contributed by atoms with Crippen LogP contribution in [0.15, 0.2) is 72.0 Å². The van der Waals surface area contributed by atoms with E-state index in [1.165, 1.54) is 0 Å². The number of hydrazone groups is 1. The van der Waals surface area contributed by atoms with Gasteiger partial charge in [-0.25, -0.2) is 10.4 Å². The fraction of sp³-hybridized carbons (Fsp3) is 0. The summed E-state index contributed by atoms with van der Waals surface area (Å²) < 4.78 is 0. The van der Waals surface area contributed by atoms with Crippen LogP contribution in [0.5, 0.6) is 0 Å². The second-order valence-electron chi connectivity index (χ2n) is 5.38. The third-order valence-corrected chi connectivity index (χ3v) is 3.82. The zero-order chi connectivity index (χ0) is 16.4. The number of amides is 1. The lowest BCUT2D eigenvalue weighted by Gasteiger charge is -2.01. The Morgan fingerprint density at radius 3 is 2.83 bits per heavy atom. The molecule has 0 saturated carbocycles. The van der Waals surface area contributed by atoms with Crippen LogP contribution in [0.1, 0.15) is 16.1 Å². The van der Waals surface area contributed by atoms with Crippen molar-refractivity contribution in [3.8, 4) is 0 Å². The quantitative estimate of drug-likeness (QED) is 0.449. The number of aromatic amines is 1. The maximum atomic E-state index is 12.2. The Morgan fingerprint density at radius 2 is 1.88 bits per heavy atom. The molecule has 24 heavy (non-hydrogen) atoms. The predicted octanol–water partition coefficient (Wildman–Crippen LogP) is 3.48. The Hall–Kier alpha value is -3.47. The van der Waals surface area contributed by atoms with Gasteiger partial charge in [-0.2, -0.15) is 5.10 Å². The van der Waals surface area contributed by atoms with E-state index in [-0.39, 0.29) is 5.91 Å². The first-order valence-electron chi connectivity index (χ1n) is 7.56. The number of hydrogen-bond donors (Lipinski definition) is 2. The minimum atomic E-state index is -0.336. The maximum absolute atomic E-state index is 12.2. The molecular formula is C19H14N4O. The van der Waals surface area contributed by atoms with Gasteiger partial charge in [0, 0.05) is 28.0 Å². The summed E-state index contributed by atoms with van der Waals surface area (Å²) in [6, 6.07) is 19.2. The van der Waals surface area contributed by atoms with E-state index in [0.717, 1.165) is 27.4 Å². The van der Waals surface area contributed by atoms with Gasteiger partial charge in [-0.05, 0) is 18.2 Å². The first kappa shape index (κ1) is 14.1. The molecule has 0 aliphatic heterocycles. The number of benzene rings is 2. The van der Waals surface area contributed by atoms with Crippen LogP contribution in [0, 0.1) is 0 Å². The van der Waals surface area contributed by atoms with Crippen molar-refractivity contribution >= 4 is 33.9 Å². The summed E-state index contributed by atoms with van der Waals surface area (Å²) in [5.41, 5.74) is 5.58. The van der Waals surface area contributed by atoms with Crippen LogP contribution in [0.2, 0.25) is 0 Å². The Labute approximate surface area is 138 Å². The Morgan fingerprint density at radius 1 is 1.04 bits per heavy atom. The summed E-state index contributed by atoms with van der Waals surface area (Å²) in [6.45, 7) is 0. The molecule has 4 rings (SSSR count). The van der Waals surface area contributed by atoms with Gasteiger partial charge in [0.2, 0.25) is 0 Å². The van der Waals surface area contributed by atoms with E-state index in [9.17, 15) is 4.79 Å². The fourth-order valence-electron chi connectivity index (χ4n) is 2.61. The number of pyridine rings is 1. The highest BCUT2D eigenvalue weighted by molar-refractivity contribution is 6.00. The number of nitrogens with one attached hydrogen (secondary N) is 2. The number of fused-ring (bicyclic) bond motifs is 2. The molecule has 0 spiro atoms. The maximum Gasteiger partial charge on any atom is 0.289 e. The van der Waals surface area contributed by atoms with Gasteiger partial charge in [-0.3, -0.25) is 4.79 Å². The topological polar surface area (TPSA) is 70.1 Å². The molecule has 4 aromatic rings. The highest BCUT2D eigenvalue weighted by Gasteiger charge is 2.07. The van der Waals surface area contributed by atoms with E-state index in [1.807, 2.05) is 60.8 Å². The van der Waals surface area contributed by atoms with E-state index < -0.39 is 0 Å². The minimum Gasteiger partial charge on any atom is -0.361 e. The average Bonchev–Trinajstić information content (AvgIpc) is 3.04. The van der Waals surface area contributed by atoms with Crippen molar-refractivity contribution < 1.29 is 4.79 Å². The number of para-hydroxylation sites is 2. The number of carbonyl (C=O) groups is 1. The van der Waals surface area contributed by atoms with Crippen molar-refractivity contribution in [2.75, 3.05) is 0 Å². The van der Waals surface area contributed by atoms with Crippen LogP contribution in [0.25, 0.3) is 21.8 Å². The largest absolute Gasteiger partial charge is 0.361 e. The molecule has 2 heterocycles. The zero-order valence-corrected chi connectivity index (χ0v) is 12.7. The molecule has 0 radical (unpaired) electrons. The predicted molar refractivity (Wildman–Crippen MR) is 95.1 cm³/mol. The molecule has 0 fully saturated rings. The van der Waals surface area contributed by atoms with Gasteiger partial charge in [-0.15, -0.1) is 0 Å². The number of nitrogens with zero attached hydrogens (tertiary/aromatic N) is 2. The van der Waals surface area contributed by atoms with Crippen molar-refractivity contribution in [2.45, 2.75) is 0 Å². The molecule has 1 amide bonds. The van der Waals surface area contributed by atoms with Crippen LogP contribution in [0.3, 0.4) is 0 Å². The van der Waals surface area contributed by atoms with Crippen molar-refractivity contribution in [3.05, 3.63) is 78.1 Å². The van der Waals surface area contributed by atoms with Gasteiger partial charge >= 0.3 is 0 Å². The number of hydrogen-bond acceptors (Lipinski definition) is 3. The molecule has 2 N–H and O–H groups in total. The summed E-state index contributed by atoms with van der Waals surface area (Å²) >= 11 is 0. The lowest BCUT2D eigenvalue weighted by atomic mass is 10.2. The summed E-state index contributed by atoms with van der Waals surface area (Å²) in [5.74, 6) is -0.336. The van der Waals surface area contributed by atoms with Crippen molar-refractivity contribution in [2.24, 2.45) is 5.10 Å². The van der Waals surface area contributed by atoms with E-state index in [0.29, 0.717) is 5.69 Å². The molecule has 5 heteroatoms. The van der Waals surface area contributed by atoms with E-state index in [1.54, 1.807) is 12.3 Å². The van der Waals surface area contributed by atoms with Gasteiger partial charge in [0.25, 0.3) is 5.91 Å². The monoisotopic (exact) mass is 314 g/mol.